The minimum atomic E-state index is -0.142. The molecule has 0 aliphatic heterocycles. The van der Waals surface area contributed by atoms with Gasteiger partial charge in [0.2, 0.25) is 0 Å². The Morgan fingerprint density at radius 3 is 2.61 bits per heavy atom. The highest BCUT2D eigenvalue weighted by Crippen LogP contribution is 2.24. The summed E-state index contributed by atoms with van der Waals surface area (Å²) < 4.78 is 13.6. The molecule has 0 spiro atoms. The first kappa shape index (κ1) is 13.5. The fraction of sp³-hybridized carbons (Fsp3) is 0.600. The molecule has 1 aromatic rings. The summed E-state index contributed by atoms with van der Waals surface area (Å²) in [4.78, 5) is 0. The monoisotopic (exact) mass is 251 g/mol. The van der Waals surface area contributed by atoms with Crippen LogP contribution >= 0.6 is 0 Å². The van der Waals surface area contributed by atoms with Crippen LogP contribution in [0.3, 0.4) is 0 Å². The topological polar surface area (TPSA) is 32.3 Å². The number of rotatable bonds is 4. The predicted octanol–water partition coefficient (Wildman–Crippen LogP) is 3.03. The molecule has 1 aliphatic carbocycles. The van der Waals surface area contributed by atoms with Gasteiger partial charge in [0.15, 0.2) is 0 Å². The molecule has 1 aliphatic rings. The Labute approximate surface area is 108 Å². The van der Waals surface area contributed by atoms with Crippen molar-refractivity contribution in [3.05, 3.63) is 35.6 Å². The van der Waals surface area contributed by atoms with E-state index in [0.717, 1.165) is 37.8 Å². The highest BCUT2D eigenvalue weighted by molar-refractivity contribution is 5.20. The number of halogens is 1. The lowest BCUT2D eigenvalue weighted by atomic mass is 9.87. The Morgan fingerprint density at radius 2 is 1.94 bits per heavy atom. The molecule has 1 saturated carbocycles. The summed E-state index contributed by atoms with van der Waals surface area (Å²) >= 11 is 0. The smallest absolute Gasteiger partial charge is 0.127 e. The molecule has 1 unspecified atom stereocenters. The molecular formula is C15H22FNO. The first-order valence-electron chi connectivity index (χ1n) is 6.82. The Morgan fingerprint density at radius 1 is 1.28 bits per heavy atom. The molecule has 1 atom stereocenters. The van der Waals surface area contributed by atoms with Crippen molar-refractivity contribution < 1.29 is 9.50 Å². The van der Waals surface area contributed by atoms with Crippen LogP contribution in [0.5, 0.6) is 0 Å². The summed E-state index contributed by atoms with van der Waals surface area (Å²) in [5, 5.41) is 12.9. The van der Waals surface area contributed by atoms with Crippen LogP contribution in [-0.4, -0.2) is 17.8 Å². The summed E-state index contributed by atoms with van der Waals surface area (Å²) in [7, 11) is 0. The normalized spacial score (nSPS) is 25.9. The van der Waals surface area contributed by atoms with Crippen molar-refractivity contribution in [2.45, 2.75) is 44.8 Å². The third kappa shape index (κ3) is 3.53. The van der Waals surface area contributed by atoms with E-state index >= 15 is 0 Å². The molecule has 18 heavy (non-hydrogen) atoms. The van der Waals surface area contributed by atoms with Crippen molar-refractivity contribution in [3.8, 4) is 0 Å². The largest absolute Gasteiger partial charge is 0.393 e. The summed E-state index contributed by atoms with van der Waals surface area (Å²) in [6.07, 6.45) is 3.84. The van der Waals surface area contributed by atoms with E-state index in [1.54, 1.807) is 6.07 Å². The van der Waals surface area contributed by atoms with Crippen molar-refractivity contribution >= 4 is 0 Å². The fourth-order valence-corrected chi connectivity index (χ4v) is 2.63. The van der Waals surface area contributed by atoms with Crippen LogP contribution in [0.15, 0.2) is 24.3 Å². The lowest BCUT2D eigenvalue weighted by Crippen LogP contribution is -2.30. The molecule has 2 nitrogen and oxygen atoms in total. The Hall–Kier alpha value is -0.930. The molecule has 2 rings (SSSR count). The zero-order valence-corrected chi connectivity index (χ0v) is 10.9. The maximum atomic E-state index is 13.6. The number of benzene rings is 1. The van der Waals surface area contributed by atoms with Gasteiger partial charge in [0.25, 0.3) is 0 Å². The SMILES string of the molecule is CC(NCC1CCC(O)CC1)c1ccccc1F. The summed E-state index contributed by atoms with van der Waals surface area (Å²) in [5.74, 6) is 0.471. The minimum absolute atomic E-state index is 0.0399. The van der Waals surface area contributed by atoms with Crippen LogP contribution in [-0.2, 0) is 0 Å². The maximum Gasteiger partial charge on any atom is 0.127 e. The van der Waals surface area contributed by atoms with Gasteiger partial charge in [-0.3, -0.25) is 0 Å². The third-order valence-electron chi connectivity index (χ3n) is 3.90. The number of nitrogens with one attached hydrogen (secondary N) is 1. The average Bonchev–Trinajstić information content (AvgIpc) is 2.38. The molecule has 0 radical (unpaired) electrons. The van der Waals surface area contributed by atoms with E-state index < -0.39 is 0 Å². The quantitative estimate of drug-likeness (QED) is 0.862. The highest BCUT2D eigenvalue weighted by Gasteiger charge is 2.20. The zero-order chi connectivity index (χ0) is 13.0. The van der Waals surface area contributed by atoms with Gasteiger partial charge in [-0.05, 0) is 51.1 Å². The number of hydrogen-bond donors (Lipinski definition) is 2. The standard InChI is InChI=1S/C15H22FNO/c1-11(14-4-2-3-5-15(14)16)17-10-12-6-8-13(18)9-7-12/h2-5,11-13,17-18H,6-10H2,1H3. The predicted molar refractivity (Wildman–Crippen MR) is 70.8 cm³/mol. The summed E-state index contributed by atoms with van der Waals surface area (Å²) in [6, 6.07) is 6.96. The van der Waals surface area contributed by atoms with Crippen molar-refractivity contribution in [3.63, 3.8) is 0 Å². The van der Waals surface area contributed by atoms with Crippen molar-refractivity contribution in [2.24, 2.45) is 5.92 Å². The molecule has 0 aromatic heterocycles. The van der Waals surface area contributed by atoms with Crippen LogP contribution in [0, 0.1) is 11.7 Å². The van der Waals surface area contributed by atoms with Crippen molar-refractivity contribution in [2.75, 3.05) is 6.54 Å². The van der Waals surface area contributed by atoms with Gasteiger partial charge in [0, 0.05) is 11.6 Å². The number of hydrogen-bond acceptors (Lipinski definition) is 2. The third-order valence-corrected chi connectivity index (χ3v) is 3.90. The van der Waals surface area contributed by atoms with Crippen LogP contribution in [0.1, 0.15) is 44.2 Å². The Bertz CT molecular complexity index is 375. The number of aliphatic hydroxyl groups excluding tert-OH is 1. The second-order valence-electron chi connectivity index (χ2n) is 5.33. The van der Waals surface area contributed by atoms with Gasteiger partial charge in [-0.25, -0.2) is 4.39 Å². The van der Waals surface area contributed by atoms with E-state index in [0.29, 0.717) is 5.92 Å². The minimum Gasteiger partial charge on any atom is -0.393 e. The molecule has 1 aromatic carbocycles. The van der Waals surface area contributed by atoms with E-state index in [1.807, 2.05) is 19.1 Å². The lowest BCUT2D eigenvalue weighted by molar-refractivity contribution is 0.107. The van der Waals surface area contributed by atoms with Gasteiger partial charge >= 0.3 is 0 Å². The molecule has 1 fully saturated rings. The second-order valence-corrected chi connectivity index (χ2v) is 5.33. The average molecular weight is 251 g/mol. The van der Waals surface area contributed by atoms with Gasteiger partial charge in [0.1, 0.15) is 5.82 Å². The zero-order valence-electron chi connectivity index (χ0n) is 10.9. The van der Waals surface area contributed by atoms with Crippen molar-refractivity contribution in [1.82, 2.24) is 5.32 Å². The van der Waals surface area contributed by atoms with E-state index in [9.17, 15) is 9.50 Å². The molecule has 0 bridgehead atoms. The van der Waals surface area contributed by atoms with Gasteiger partial charge in [-0.2, -0.15) is 0 Å². The fourth-order valence-electron chi connectivity index (χ4n) is 2.63. The summed E-state index contributed by atoms with van der Waals surface area (Å²) in [5.41, 5.74) is 0.730. The van der Waals surface area contributed by atoms with E-state index in [2.05, 4.69) is 5.32 Å². The molecule has 3 heteroatoms. The molecule has 0 heterocycles. The van der Waals surface area contributed by atoms with Gasteiger partial charge < -0.3 is 10.4 Å². The summed E-state index contributed by atoms with van der Waals surface area (Å²) in [6.45, 7) is 2.90. The Kier molecular flexibility index (Phi) is 4.72. The van der Waals surface area contributed by atoms with Gasteiger partial charge in [-0.15, -0.1) is 0 Å². The number of aliphatic hydroxyl groups is 1. The molecule has 0 amide bonds. The lowest BCUT2D eigenvalue weighted by Gasteiger charge is -2.27. The van der Waals surface area contributed by atoms with Crippen molar-refractivity contribution in [1.29, 1.82) is 0 Å². The Balaban J connectivity index is 1.81. The van der Waals surface area contributed by atoms with E-state index in [4.69, 9.17) is 0 Å². The van der Waals surface area contributed by atoms with Gasteiger partial charge in [-0.1, -0.05) is 18.2 Å². The molecule has 2 N–H and O–H groups in total. The van der Waals surface area contributed by atoms with Crippen LogP contribution in [0.4, 0.5) is 4.39 Å². The van der Waals surface area contributed by atoms with Crippen LogP contribution in [0.2, 0.25) is 0 Å². The highest BCUT2D eigenvalue weighted by atomic mass is 19.1. The second kappa shape index (κ2) is 6.30. The molecular weight excluding hydrogens is 229 g/mol. The van der Waals surface area contributed by atoms with Crippen LogP contribution in [0.25, 0.3) is 0 Å². The first-order valence-corrected chi connectivity index (χ1v) is 6.82. The first-order chi connectivity index (χ1) is 8.66. The maximum absolute atomic E-state index is 13.6. The van der Waals surface area contributed by atoms with Gasteiger partial charge in [0.05, 0.1) is 6.10 Å². The van der Waals surface area contributed by atoms with Crippen LogP contribution < -0.4 is 5.32 Å². The van der Waals surface area contributed by atoms with E-state index in [1.165, 1.54) is 6.07 Å². The molecule has 0 saturated heterocycles. The van der Waals surface area contributed by atoms with E-state index in [-0.39, 0.29) is 18.0 Å². The molecule has 100 valence electrons.